The van der Waals surface area contributed by atoms with Gasteiger partial charge in [-0.3, -0.25) is 6.08 Å². The van der Waals surface area contributed by atoms with Gasteiger partial charge >= 0.3 is 151 Å². The maximum Gasteiger partial charge on any atom is -0.0253 e. The molecule has 0 saturated carbocycles. The molecule has 3 heteroatoms. The Hall–Kier alpha value is -2.31. The Morgan fingerprint density at radius 3 is 1.64 bits per heavy atom. The first kappa shape index (κ1) is 37.9. The summed E-state index contributed by atoms with van der Waals surface area (Å²) in [6.45, 7) is 17.8. The zero-order valence-electron chi connectivity index (χ0n) is 27.4. The maximum atomic E-state index is 3.45. The van der Waals surface area contributed by atoms with E-state index >= 15 is 0 Å². The molecule has 0 amide bonds. The van der Waals surface area contributed by atoms with Gasteiger partial charge in [-0.05, 0) is 18.9 Å². The van der Waals surface area contributed by atoms with E-state index in [0.717, 1.165) is 12.8 Å². The molecule has 228 valence electrons. The molecule has 0 aliphatic heterocycles. The molecule has 0 heterocycles. The normalized spacial score (nSPS) is 12.4. The number of hydrogen-bond donors (Lipinski definition) is 0. The largest absolute Gasteiger partial charge is 1.00 e. The zero-order valence-corrected chi connectivity index (χ0v) is 31.4. The van der Waals surface area contributed by atoms with Crippen molar-refractivity contribution >= 4 is 3.21 Å². The second kappa shape index (κ2) is 16.3. The summed E-state index contributed by atoms with van der Waals surface area (Å²) >= 11 is 1.46. The van der Waals surface area contributed by atoms with Crippen LogP contribution in [0, 0.1) is 26.0 Å². The molecule has 0 saturated heterocycles. The van der Waals surface area contributed by atoms with Gasteiger partial charge in [-0.15, -0.1) is 17.5 Å². The molecule has 4 aromatic carbocycles. The van der Waals surface area contributed by atoms with Crippen molar-refractivity contribution in [2.75, 3.05) is 0 Å². The van der Waals surface area contributed by atoms with Crippen LogP contribution in [0.5, 0.6) is 0 Å². The third-order valence-corrected chi connectivity index (χ3v) is 9.18. The second-order valence-electron chi connectivity index (χ2n) is 13.4. The molecule has 6 rings (SSSR count). The standard InChI is InChI=1S/C21H26.C15H13.C5H5.2ClH.Zr/c1-20(2,3)18-11-7-16(8-12-18)15-17-9-13-19(14-10-17)21(4,5)6;1-10-3-5-14-12(7-10)9-13-8-11(2)4-6-15(13)14;1-2-4-5-3-1;;;/h7-14H,1-6H3;3-7H,9H2,1-2H3;1-3H,4H2;2*1H;/q;2*-1;;;+2/p-2. The molecule has 0 spiro atoms. The molecule has 0 N–H and O–H groups in total. The molecule has 0 aromatic heterocycles. The summed E-state index contributed by atoms with van der Waals surface area (Å²) in [6.07, 6.45) is 11.0. The monoisotopic (exact) mass is 696 g/mol. The summed E-state index contributed by atoms with van der Waals surface area (Å²) in [4.78, 5) is 0. The minimum absolute atomic E-state index is 0. The van der Waals surface area contributed by atoms with Crippen molar-refractivity contribution < 1.29 is 49.0 Å². The molecule has 0 unspecified atom stereocenters. The Morgan fingerprint density at radius 2 is 1.20 bits per heavy atom. The van der Waals surface area contributed by atoms with Crippen LogP contribution in [0.1, 0.15) is 92.5 Å². The molecular formula is C41H44Cl2Zr-2. The van der Waals surface area contributed by atoms with Crippen LogP contribution in [0.3, 0.4) is 0 Å². The summed E-state index contributed by atoms with van der Waals surface area (Å²) in [6, 6.07) is 32.7. The first-order chi connectivity index (χ1) is 19.8. The van der Waals surface area contributed by atoms with E-state index in [1.54, 1.807) is 0 Å². The molecule has 0 bridgehead atoms. The van der Waals surface area contributed by atoms with Crippen LogP contribution >= 0.6 is 0 Å². The van der Waals surface area contributed by atoms with Crippen molar-refractivity contribution in [1.29, 1.82) is 0 Å². The Kier molecular flexibility index (Phi) is 14.0. The minimum atomic E-state index is 0. The fourth-order valence-electron chi connectivity index (χ4n) is 5.15. The Balaban J connectivity index is 0.000000264. The van der Waals surface area contributed by atoms with Gasteiger partial charge in [0.05, 0.1) is 0 Å². The molecule has 2 aliphatic rings. The van der Waals surface area contributed by atoms with Crippen LogP contribution in [0.15, 0.2) is 97.1 Å². The van der Waals surface area contributed by atoms with Crippen LogP contribution in [-0.2, 0) is 41.5 Å². The number of benzene rings is 4. The van der Waals surface area contributed by atoms with E-state index in [2.05, 4.69) is 152 Å². The van der Waals surface area contributed by atoms with Gasteiger partial charge in [0.15, 0.2) is 0 Å². The van der Waals surface area contributed by atoms with Crippen LogP contribution in [-0.4, -0.2) is 3.21 Å². The van der Waals surface area contributed by atoms with E-state index in [-0.39, 0.29) is 35.6 Å². The summed E-state index contributed by atoms with van der Waals surface area (Å²) in [7, 11) is 0. The predicted molar refractivity (Wildman–Crippen MR) is 178 cm³/mol. The van der Waals surface area contributed by atoms with Gasteiger partial charge in [0.2, 0.25) is 0 Å². The summed E-state index contributed by atoms with van der Waals surface area (Å²) in [5.41, 5.74) is 14.1. The molecule has 2 aliphatic carbocycles. The fourth-order valence-corrected chi connectivity index (χ4v) is 5.97. The van der Waals surface area contributed by atoms with Gasteiger partial charge in [-0.25, -0.2) is 12.2 Å². The molecule has 0 atom stereocenters. The first-order valence-electron chi connectivity index (χ1n) is 15.0. The third-order valence-electron chi connectivity index (χ3n) is 7.76. The zero-order chi connectivity index (χ0) is 30.5. The Bertz CT molecular complexity index is 1470. The Morgan fingerprint density at radius 1 is 0.682 bits per heavy atom. The summed E-state index contributed by atoms with van der Waals surface area (Å²) in [5, 5.41) is 0. The number of rotatable bonds is 2. The average molecular weight is 699 g/mol. The number of hydrogen-bond acceptors (Lipinski definition) is 0. The van der Waals surface area contributed by atoms with E-state index in [1.807, 2.05) is 12.2 Å². The number of fused-ring (bicyclic) bond motifs is 3. The number of allylic oxidation sites excluding steroid dienone is 4. The van der Waals surface area contributed by atoms with Gasteiger partial charge in [-0.1, -0.05) is 36.2 Å². The number of halogens is 2. The number of aryl methyl sites for hydroxylation is 2. The van der Waals surface area contributed by atoms with E-state index in [1.165, 1.54) is 83.1 Å². The van der Waals surface area contributed by atoms with E-state index < -0.39 is 0 Å². The minimum Gasteiger partial charge on any atom is -1.00 e. The fraction of sp³-hybridized carbons (Fsp3) is 0.293. The first-order valence-corrected chi connectivity index (χ1v) is 16.2. The van der Waals surface area contributed by atoms with Crippen molar-refractivity contribution in [1.82, 2.24) is 0 Å². The van der Waals surface area contributed by atoms with Crippen molar-refractivity contribution in [3.8, 4) is 11.1 Å². The topological polar surface area (TPSA) is 0 Å². The molecule has 4 aromatic rings. The van der Waals surface area contributed by atoms with Crippen LogP contribution in [0.2, 0.25) is 0 Å². The second-order valence-corrected chi connectivity index (χ2v) is 14.6. The van der Waals surface area contributed by atoms with E-state index in [4.69, 9.17) is 0 Å². The van der Waals surface area contributed by atoms with Gasteiger partial charge < -0.3 is 24.8 Å². The van der Waals surface area contributed by atoms with Gasteiger partial charge in [0, 0.05) is 0 Å². The summed E-state index contributed by atoms with van der Waals surface area (Å²) < 4.78 is 1.42. The van der Waals surface area contributed by atoms with Crippen LogP contribution in [0.4, 0.5) is 0 Å². The molecule has 0 nitrogen and oxygen atoms in total. The van der Waals surface area contributed by atoms with Gasteiger partial charge in [0.1, 0.15) is 0 Å². The predicted octanol–water partition coefficient (Wildman–Crippen LogP) is 4.39. The van der Waals surface area contributed by atoms with Gasteiger partial charge in [-0.2, -0.15) is 29.8 Å². The smallest absolute Gasteiger partial charge is 0.0253 e. The van der Waals surface area contributed by atoms with E-state index in [0.29, 0.717) is 0 Å². The SMILES string of the molecule is CC(C)(C)c1ccc([C](=[Zr+2])c2ccc(C(C)(C)C)cc2)cc1.Cc1[c-]c2c(cc1)-c1ccc(C)cc1C2.[C-]1=CC=CC1.[Cl-].[Cl-]. The molecule has 0 radical (unpaired) electrons. The van der Waals surface area contributed by atoms with Crippen LogP contribution < -0.4 is 24.8 Å². The van der Waals surface area contributed by atoms with Crippen molar-refractivity contribution in [3.63, 3.8) is 0 Å². The average Bonchev–Trinajstić information content (AvgIpc) is 3.63. The van der Waals surface area contributed by atoms with Crippen LogP contribution in [0.25, 0.3) is 11.1 Å². The van der Waals surface area contributed by atoms with Gasteiger partial charge in [0.25, 0.3) is 0 Å². The maximum absolute atomic E-state index is 3.45. The quantitative estimate of drug-likeness (QED) is 0.240. The molecule has 44 heavy (non-hydrogen) atoms. The van der Waals surface area contributed by atoms with Crippen molar-refractivity contribution in [2.24, 2.45) is 0 Å². The summed E-state index contributed by atoms with van der Waals surface area (Å²) in [5.74, 6) is 0. The third kappa shape index (κ3) is 10.1. The molecule has 0 fully saturated rings. The van der Waals surface area contributed by atoms with Crippen molar-refractivity contribution in [2.45, 2.75) is 79.1 Å². The Labute approximate surface area is 294 Å². The molecular weight excluding hydrogens is 655 g/mol. The van der Waals surface area contributed by atoms with Crippen molar-refractivity contribution in [3.05, 3.63) is 154 Å². The van der Waals surface area contributed by atoms with E-state index in [9.17, 15) is 0 Å².